The number of anilines is 3. The van der Waals surface area contributed by atoms with Crippen LogP contribution in [0.5, 0.6) is 11.5 Å². The quantitative estimate of drug-likeness (QED) is 0.170. The molecule has 0 radical (unpaired) electrons. The minimum absolute atomic E-state index is 0.861. The van der Waals surface area contributed by atoms with Gasteiger partial charge < -0.3 is 18.6 Å². The number of para-hydroxylation sites is 7. The van der Waals surface area contributed by atoms with Crippen LogP contribution < -0.4 is 9.64 Å². The van der Waals surface area contributed by atoms with E-state index in [0.29, 0.717) is 0 Å². The van der Waals surface area contributed by atoms with Crippen molar-refractivity contribution >= 4 is 60.8 Å². The van der Waals surface area contributed by atoms with E-state index in [4.69, 9.17) is 9.15 Å². The highest BCUT2D eigenvalue weighted by Crippen LogP contribution is 2.49. The third-order valence-corrected chi connectivity index (χ3v) is 11.6. The van der Waals surface area contributed by atoms with E-state index < -0.39 is 0 Å². The molecule has 1 aliphatic heterocycles. The van der Waals surface area contributed by atoms with Gasteiger partial charge in [0.05, 0.1) is 28.1 Å². The number of aromatic nitrogens is 1. The van der Waals surface area contributed by atoms with Crippen molar-refractivity contribution in [3.8, 4) is 50.6 Å². The summed E-state index contributed by atoms with van der Waals surface area (Å²) >= 11 is 0. The molecule has 3 heterocycles. The molecular weight excluding hydrogens is 709 g/mol. The van der Waals surface area contributed by atoms with Crippen molar-refractivity contribution in [1.29, 1.82) is 0 Å². The van der Waals surface area contributed by atoms with Crippen LogP contribution in [0.3, 0.4) is 0 Å². The Morgan fingerprint density at radius 1 is 0.397 bits per heavy atom. The molecule has 0 spiro atoms. The molecular formula is C54H34N2O2. The van der Waals surface area contributed by atoms with Crippen LogP contribution in [0.2, 0.25) is 0 Å². The maximum Gasteiger partial charge on any atom is 0.152 e. The minimum Gasteiger partial charge on any atom is -0.455 e. The van der Waals surface area contributed by atoms with E-state index >= 15 is 0 Å². The number of fused-ring (bicyclic) bond motifs is 8. The summed E-state index contributed by atoms with van der Waals surface area (Å²) in [5.74, 6) is 1.73. The standard InChI is InChI=1S/C54H34N2O2/c1-2-14-35(15-3-1)36-28-31-38(32-29-36)55(47-23-8-5-17-40(47)43-20-12-21-44-41-18-6-10-25-50(41)58-54(43)44)46-22-7-4-16-39(46)37-30-33-48-45(34-37)42-19-13-27-52-53(42)56(48)49-24-9-11-26-51(49)57-52/h1-34H. The average molecular weight is 743 g/mol. The lowest BCUT2D eigenvalue weighted by molar-refractivity contribution is 0.476. The molecule has 272 valence electrons. The maximum atomic E-state index is 6.63. The van der Waals surface area contributed by atoms with Crippen molar-refractivity contribution < 1.29 is 9.15 Å². The summed E-state index contributed by atoms with van der Waals surface area (Å²) in [7, 11) is 0. The first-order valence-corrected chi connectivity index (χ1v) is 19.7. The third-order valence-electron chi connectivity index (χ3n) is 11.6. The molecule has 4 heteroatoms. The van der Waals surface area contributed by atoms with Gasteiger partial charge in [-0.25, -0.2) is 0 Å². The van der Waals surface area contributed by atoms with E-state index in [1.807, 2.05) is 24.3 Å². The van der Waals surface area contributed by atoms with Gasteiger partial charge in [-0.05, 0) is 77.4 Å². The molecule has 0 atom stereocenters. The Hall–Kier alpha value is -7.82. The molecule has 4 nitrogen and oxygen atoms in total. The second kappa shape index (κ2) is 12.9. The lowest BCUT2D eigenvalue weighted by Crippen LogP contribution is -2.12. The Bertz CT molecular complexity index is 3380. The zero-order chi connectivity index (χ0) is 38.2. The maximum absolute atomic E-state index is 6.63. The highest BCUT2D eigenvalue weighted by atomic mass is 16.5. The molecule has 0 unspecified atom stereocenters. The number of ether oxygens (including phenoxy) is 1. The van der Waals surface area contributed by atoms with Gasteiger partial charge in [0.15, 0.2) is 11.5 Å². The van der Waals surface area contributed by atoms with Gasteiger partial charge in [0, 0.05) is 43.9 Å². The van der Waals surface area contributed by atoms with Crippen molar-refractivity contribution in [2.75, 3.05) is 4.90 Å². The fourth-order valence-electron chi connectivity index (χ4n) is 8.99. The Balaban J connectivity index is 1.08. The monoisotopic (exact) mass is 742 g/mol. The largest absolute Gasteiger partial charge is 0.455 e. The summed E-state index contributed by atoms with van der Waals surface area (Å²) in [6.07, 6.45) is 0. The van der Waals surface area contributed by atoms with Gasteiger partial charge in [0.25, 0.3) is 0 Å². The molecule has 0 saturated carbocycles. The van der Waals surface area contributed by atoms with Crippen molar-refractivity contribution in [3.05, 3.63) is 206 Å². The van der Waals surface area contributed by atoms with Crippen LogP contribution in [0.25, 0.3) is 82.8 Å². The average Bonchev–Trinajstić information content (AvgIpc) is 3.84. The topological polar surface area (TPSA) is 30.5 Å². The van der Waals surface area contributed by atoms with Crippen LogP contribution in [0.1, 0.15) is 0 Å². The van der Waals surface area contributed by atoms with Crippen molar-refractivity contribution in [2.24, 2.45) is 0 Å². The fraction of sp³-hybridized carbons (Fsp3) is 0. The van der Waals surface area contributed by atoms with Gasteiger partial charge in [-0.2, -0.15) is 0 Å². The normalized spacial score (nSPS) is 11.9. The molecule has 9 aromatic carbocycles. The van der Waals surface area contributed by atoms with Crippen LogP contribution in [0.15, 0.2) is 211 Å². The number of nitrogens with zero attached hydrogens (tertiary/aromatic N) is 2. The number of furan rings is 1. The summed E-state index contributed by atoms with van der Waals surface area (Å²) in [4.78, 5) is 2.41. The molecule has 0 bridgehead atoms. The van der Waals surface area contributed by atoms with E-state index in [-0.39, 0.29) is 0 Å². The van der Waals surface area contributed by atoms with Crippen LogP contribution in [-0.2, 0) is 0 Å². The SMILES string of the molecule is c1ccc(-c2ccc(N(c3ccccc3-c3ccc4c(c3)c3cccc5c3n4-c3ccccc3O5)c3ccccc3-c3cccc4c3oc3ccccc34)cc2)cc1. The molecule has 12 rings (SSSR count). The Kier molecular flexibility index (Phi) is 7.20. The van der Waals surface area contributed by atoms with Crippen LogP contribution in [0.4, 0.5) is 17.1 Å². The van der Waals surface area contributed by atoms with E-state index in [9.17, 15) is 0 Å². The number of rotatable bonds is 6. The minimum atomic E-state index is 0.861. The Labute approximate surface area is 335 Å². The molecule has 58 heavy (non-hydrogen) atoms. The Morgan fingerprint density at radius 2 is 1.02 bits per heavy atom. The smallest absolute Gasteiger partial charge is 0.152 e. The van der Waals surface area contributed by atoms with Gasteiger partial charge in [0.2, 0.25) is 0 Å². The van der Waals surface area contributed by atoms with Gasteiger partial charge in [-0.15, -0.1) is 0 Å². The summed E-state index contributed by atoms with van der Waals surface area (Å²) in [6.45, 7) is 0. The second-order valence-corrected chi connectivity index (χ2v) is 14.9. The molecule has 0 saturated heterocycles. The molecule has 11 aromatic rings. The van der Waals surface area contributed by atoms with Gasteiger partial charge in [-0.1, -0.05) is 146 Å². The first-order valence-electron chi connectivity index (χ1n) is 19.7. The lowest BCUT2D eigenvalue weighted by atomic mass is 9.96. The molecule has 0 fully saturated rings. The summed E-state index contributed by atoms with van der Waals surface area (Å²) in [6, 6.07) is 73.2. The van der Waals surface area contributed by atoms with E-state index in [1.54, 1.807) is 0 Å². The summed E-state index contributed by atoms with van der Waals surface area (Å²) in [5.41, 5.74) is 15.0. The van der Waals surface area contributed by atoms with E-state index in [2.05, 4.69) is 191 Å². The van der Waals surface area contributed by atoms with Crippen LogP contribution in [-0.4, -0.2) is 4.57 Å². The van der Waals surface area contributed by atoms with Crippen molar-refractivity contribution in [3.63, 3.8) is 0 Å². The van der Waals surface area contributed by atoms with Crippen molar-refractivity contribution in [1.82, 2.24) is 4.57 Å². The van der Waals surface area contributed by atoms with Gasteiger partial charge in [0.1, 0.15) is 11.2 Å². The predicted molar refractivity (Wildman–Crippen MR) is 239 cm³/mol. The second-order valence-electron chi connectivity index (χ2n) is 14.9. The van der Waals surface area contributed by atoms with E-state index in [1.165, 1.54) is 21.9 Å². The fourth-order valence-corrected chi connectivity index (χ4v) is 8.99. The van der Waals surface area contributed by atoms with Crippen LogP contribution >= 0.6 is 0 Å². The van der Waals surface area contributed by atoms with Crippen molar-refractivity contribution in [2.45, 2.75) is 0 Å². The zero-order valence-corrected chi connectivity index (χ0v) is 31.3. The summed E-state index contributed by atoms with van der Waals surface area (Å²) < 4.78 is 15.4. The first kappa shape index (κ1) is 32.4. The molecule has 0 N–H and O–H groups in total. The van der Waals surface area contributed by atoms with Gasteiger partial charge >= 0.3 is 0 Å². The molecule has 0 amide bonds. The lowest BCUT2D eigenvalue weighted by Gasteiger charge is -2.30. The predicted octanol–water partition coefficient (Wildman–Crippen LogP) is 15.3. The van der Waals surface area contributed by atoms with E-state index in [0.717, 1.165) is 89.5 Å². The zero-order valence-electron chi connectivity index (χ0n) is 31.3. The highest BCUT2D eigenvalue weighted by molar-refractivity contribution is 6.14. The molecule has 0 aliphatic carbocycles. The van der Waals surface area contributed by atoms with Gasteiger partial charge in [-0.3, -0.25) is 0 Å². The third kappa shape index (κ3) is 4.95. The summed E-state index contributed by atoms with van der Waals surface area (Å²) in [5, 5.41) is 4.57. The highest BCUT2D eigenvalue weighted by Gasteiger charge is 2.26. The number of hydrogen-bond donors (Lipinski definition) is 0. The molecule has 1 aliphatic rings. The van der Waals surface area contributed by atoms with Crippen LogP contribution in [0, 0.1) is 0 Å². The number of hydrogen-bond acceptors (Lipinski definition) is 3. The molecule has 2 aromatic heterocycles. The first-order chi connectivity index (χ1) is 28.8. The number of benzene rings is 9. The Morgan fingerprint density at radius 3 is 1.90 bits per heavy atom.